The van der Waals surface area contributed by atoms with Gasteiger partial charge in [-0.1, -0.05) is 36.4 Å². The number of nitrogens with one attached hydrogen (secondary N) is 4. The fourth-order valence-electron chi connectivity index (χ4n) is 4.46. The van der Waals surface area contributed by atoms with E-state index in [2.05, 4.69) is 21.3 Å². The maximum atomic E-state index is 12.3. The van der Waals surface area contributed by atoms with Crippen LogP contribution in [0.4, 0.5) is 21.0 Å². The lowest BCUT2D eigenvalue weighted by atomic mass is 10.0. The van der Waals surface area contributed by atoms with Crippen molar-refractivity contribution in [2.45, 2.75) is 19.5 Å². The Hall–Kier alpha value is -5.38. The monoisotopic (exact) mass is 552 g/mol. The van der Waals surface area contributed by atoms with Gasteiger partial charge in [-0.3, -0.25) is 0 Å². The molecule has 6 rings (SSSR count). The topological polar surface area (TPSA) is 119 Å². The largest absolute Gasteiger partial charge is 0.454 e. The highest BCUT2D eigenvalue weighted by Crippen LogP contribution is 2.33. The minimum Gasteiger partial charge on any atom is -0.454 e. The lowest BCUT2D eigenvalue weighted by Crippen LogP contribution is -2.28. The summed E-state index contributed by atoms with van der Waals surface area (Å²) in [6.45, 7) is 1.17. The summed E-state index contributed by atoms with van der Waals surface area (Å²) in [6, 6.07) is 26.0. The van der Waals surface area contributed by atoms with E-state index in [0.29, 0.717) is 53.9 Å². The number of fused-ring (bicyclic) bond motifs is 2. The number of amides is 4. The van der Waals surface area contributed by atoms with Crippen molar-refractivity contribution < 1.29 is 28.5 Å². The Kier molecular flexibility index (Phi) is 7.44. The van der Waals surface area contributed by atoms with Crippen LogP contribution in [0.2, 0.25) is 0 Å². The van der Waals surface area contributed by atoms with E-state index in [1.807, 2.05) is 84.9 Å². The van der Waals surface area contributed by atoms with Gasteiger partial charge >= 0.3 is 12.1 Å². The zero-order chi connectivity index (χ0) is 28.0. The molecule has 41 heavy (non-hydrogen) atoms. The molecule has 0 fully saturated rings. The van der Waals surface area contributed by atoms with Crippen LogP contribution in [-0.4, -0.2) is 25.6 Å². The number of anilines is 2. The first-order chi connectivity index (χ1) is 20.1. The molecule has 0 aromatic heterocycles. The first-order valence-corrected chi connectivity index (χ1v) is 13.1. The van der Waals surface area contributed by atoms with Gasteiger partial charge in [0.15, 0.2) is 23.0 Å². The van der Waals surface area contributed by atoms with Crippen LogP contribution in [-0.2, 0) is 19.5 Å². The van der Waals surface area contributed by atoms with E-state index >= 15 is 0 Å². The van der Waals surface area contributed by atoms with E-state index in [-0.39, 0.29) is 25.6 Å². The second kappa shape index (κ2) is 11.8. The lowest BCUT2D eigenvalue weighted by molar-refractivity contribution is 0.173. The van der Waals surface area contributed by atoms with E-state index < -0.39 is 0 Å². The Morgan fingerprint density at radius 1 is 0.512 bits per heavy atom. The SMILES string of the molecule is O=C(NCc1ccc2c(c1)OCO2)Nc1ccc(Cc2ccc(NC(=O)NCc3ccc4c(c3)OCO4)cc2)cc1. The van der Waals surface area contributed by atoms with Gasteiger partial charge in [0, 0.05) is 24.5 Å². The molecule has 4 amide bonds. The van der Waals surface area contributed by atoms with Gasteiger partial charge in [-0.05, 0) is 77.2 Å². The summed E-state index contributed by atoms with van der Waals surface area (Å²) in [5.74, 6) is 2.79. The normalized spacial score (nSPS) is 12.5. The first kappa shape index (κ1) is 25.9. The maximum Gasteiger partial charge on any atom is 0.319 e. The van der Waals surface area contributed by atoms with Gasteiger partial charge in [0.05, 0.1) is 0 Å². The molecule has 0 spiro atoms. The molecule has 4 N–H and O–H groups in total. The Labute approximate surface area is 236 Å². The van der Waals surface area contributed by atoms with Crippen LogP contribution in [0, 0.1) is 0 Å². The van der Waals surface area contributed by atoms with Gasteiger partial charge in [-0.25, -0.2) is 9.59 Å². The highest BCUT2D eigenvalue weighted by Gasteiger charge is 2.14. The smallest absolute Gasteiger partial charge is 0.319 e. The van der Waals surface area contributed by atoms with Gasteiger partial charge in [0.25, 0.3) is 0 Å². The number of benzene rings is 4. The van der Waals surface area contributed by atoms with Crippen LogP contribution in [0.25, 0.3) is 0 Å². The van der Waals surface area contributed by atoms with Crippen LogP contribution in [0.15, 0.2) is 84.9 Å². The average molecular weight is 553 g/mol. The van der Waals surface area contributed by atoms with E-state index in [0.717, 1.165) is 22.3 Å². The molecule has 0 radical (unpaired) electrons. The predicted octanol–water partition coefficient (Wildman–Crippen LogP) is 5.38. The van der Waals surface area contributed by atoms with Crippen LogP contribution < -0.4 is 40.2 Å². The molecule has 0 atom stereocenters. The van der Waals surface area contributed by atoms with Crippen molar-refractivity contribution in [3.8, 4) is 23.0 Å². The highest BCUT2D eigenvalue weighted by atomic mass is 16.7. The van der Waals surface area contributed by atoms with Crippen LogP contribution in [0.1, 0.15) is 22.3 Å². The molecule has 2 aliphatic heterocycles. The highest BCUT2D eigenvalue weighted by molar-refractivity contribution is 5.89. The molecular weight excluding hydrogens is 524 g/mol. The molecule has 10 nitrogen and oxygen atoms in total. The zero-order valence-electron chi connectivity index (χ0n) is 22.1. The standard InChI is InChI=1S/C31H28N4O6/c36-30(32-16-22-5-11-26-28(14-22)40-18-38-26)34-24-7-1-20(2-8-24)13-21-3-9-25(10-4-21)35-31(37)33-17-23-6-12-27-29(15-23)41-19-39-27/h1-12,14-15H,13,16-19H2,(H2,32,34,36)(H2,33,35,37). The van der Waals surface area contributed by atoms with Crippen LogP contribution in [0.5, 0.6) is 23.0 Å². The van der Waals surface area contributed by atoms with Crippen molar-refractivity contribution in [3.05, 3.63) is 107 Å². The van der Waals surface area contributed by atoms with Gasteiger partial charge in [0.1, 0.15) is 0 Å². The molecule has 0 aliphatic carbocycles. The number of rotatable bonds is 8. The minimum atomic E-state index is -0.293. The van der Waals surface area contributed by atoms with E-state index in [1.54, 1.807) is 0 Å². The minimum absolute atomic E-state index is 0.217. The van der Waals surface area contributed by atoms with Gasteiger partial charge < -0.3 is 40.2 Å². The van der Waals surface area contributed by atoms with Crippen molar-refractivity contribution in [1.82, 2.24) is 10.6 Å². The molecule has 4 aromatic rings. The Balaban J connectivity index is 0.936. The molecule has 10 heteroatoms. The molecule has 0 saturated heterocycles. The predicted molar refractivity (Wildman–Crippen MR) is 153 cm³/mol. The first-order valence-electron chi connectivity index (χ1n) is 13.1. The Morgan fingerprint density at radius 3 is 1.34 bits per heavy atom. The number of carbonyl (C=O) groups excluding carboxylic acids is 2. The van der Waals surface area contributed by atoms with Gasteiger partial charge in [-0.15, -0.1) is 0 Å². The summed E-state index contributed by atoms with van der Waals surface area (Å²) in [7, 11) is 0. The molecule has 4 aromatic carbocycles. The second-order valence-electron chi connectivity index (χ2n) is 9.56. The third-order valence-corrected chi connectivity index (χ3v) is 6.61. The Bertz CT molecular complexity index is 1440. The summed E-state index contributed by atoms with van der Waals surface area (Å²) in [5.41, 5.74) is 5.43. The summed E-state index contributed by atoms with van der Waals surface area (Å²) in [5, 5.41) is 11.4. The zero-order valence-corrected chi connectivity index (χ0v) is 22.1. The van der Waals surface area contributed by atoms with E-state index in [1.165, 1.54) is 0 Å². The van der Waals surface area contributed by atoms with Crippen molar-refractivity contribution in [2.75, 3.05) is 24.2 Å². The van der Waals surface area contributed by atoms with Crippen molar-refractivity contribution in [2.24, 2.45) is 0 Å². The lowest BCUT2D eigenvalue weighted by Gasteiger charge is -2.10. The molecule has 2 heterocycles. The van der Waals surface area contributed by atoms with E-state index in [4.69, 9.17) is 18.9 Å². The molecule has 0 bridgehead atoms. The molecule has 208 valence electrons. The third kappa shape index (κ3) is 6.62. The number of hydrogen-bond acceptors (Lipinski definition) is 6. The summed E-state index contributed by atoms with van der Waals surface area (Å²) in [6.07, 6.45) is 0.715. The fourth-order valence-corrected chi connectivity index (χ4v) is 4.46. The van der Waals surface area contributed by atoms with Crippen molar-refractivity contribution >= 4 is 23.4 Å². The van der Waals surface area contributed by atoms with Crippen LogP contribution in [0.3, 0.4) is 0 Å². The summed E-state index contributed by atoms with van der Waals surface area (Å²) in [4.78, 5) is 24.7. The van der Waals surface area contributed by atoms with Crippen molar-refractivity contribution in [1.29, 1.82) is 0 Å². The number of carbonyl (C=O) groups is 2. The molecule has 0 unspecified atom stereocenters. The quantitative estimate of drug-likeness (QED) is 0.233. The summed E-state index contributed by atoms with van der Waals surface area (Å²) < 4.78 is 21.4. The van der Waals surface area contributed by atoms with Crippen LogP contribution >= 0.6 is 0 Å². The molecular formula is C31H28N4O6. The number of urea groups is 2. The Morgan fingerprint density at radius 2 is 0.902 bits per heavy atom. The number of ether oxygens (including phenoxy) is 4. The summed E-state index contributed by atoms with van der Waals surface area (Å²) >= 11 is 0. The van der Waals surface area contributed by atoms with E-state index in [9.17, 15) is 9.59 Å². The molecule has 0 saturated carbocycles. The van der Waals surface area contributed by atoms with Gasteiger partial charge in [0.2, 0.25) is 13.6 Å². The number of hydrogen-bond donors (Lipinski definition) is 4. The fraction of sp³-hybridized carbons (Fsp3) is 0.161. The molecule has 2 aliphatic rings. The van der Waals surface area contributed by atoms with Crippen molar-refractivity contribution in [3.63, 3.8) is 0 Å². The van der Waals surface area contributed by atoms with Gasteiger partial charge in [-0.2, -0.15) is 0 Å². The maximum absolute atomic E-state index is 12.3. The third-order valence-electron chi connectivity index (χ3n) is 6.61. The second-order valence-corrected chi connectivity index (χ2v) is 9.56. The average Bonchev–Trinajstić information content (AvgIpc) is 3.66.